The molecule has 0 radical (unpaired) electrons. The second kappa shape index (κ2) is 3.43. The molecule has 0 spiro atoms. The lowest BCUT2D eigenvalue weighted by Crippen LogP contribution is -2.26. The van der Waals surface area contributed by atoms with Crippen LogP contribution in [0.15, 0.2) is 11.4 Å². The maximum atomic E-state index is 3.59. The van der Waals surface area contributed by atoms with Crippen LogP contribution in [0, 0.1) is 6.92 Å². The number of rotatable bonds is 1. The first-order chi connectivity index (χ1) is 6.18. The molecular weight excluding hydrogens is 178 g/mol. The lowest BCUT2D eigenvalue weighted by Gasteiger charge is -2.13. The van der Waals surface area contributed by atoms with Crippen LogP contribution < -0.4 is 5.32 Å². The van der Waals surface area contributed by atoms with E-state index in [1.54, 1.807) is 4.88 Å². The van der Waals surface area contributed by atoms with Crippen LogP contribution in [0.3, 0.4) is 0 Å². The Morgan fingerprint density at radius 1 is 1.46 bits per heavy atom. The summed E-state index contributed by atoms with van der Waals surface area (Å²) in [5, 5.41) is 5.80. The van der Waals surface area contributed by atoms with E-state index in [0.29, 0.717) is 12.1 Å². The second-order valence-corrected chi connectivity index (χ2v) is 5.11. The molecule has 1 saturated heterocycles. The fraction of sp³-hybridized carbons (Fsp3) is 0.636. The number of thiophene rings is 1. The first kappa shape index (κ1) is 9.22. The third-order valence-corrected chi connectivity index (χ3v) is 4.15. The summed E-state index contributed by atoms with van der Waals surface area (Å²) in [6, 6.07) is 3.56. The van der Waals surface area contributed by atoms with Crippen LogP contribution in [-0.2, 0) is 0 Å². The van der Waals surface area contributed by atoms with Crippen LogP contribution in [0.2, 0.25) is 0 Å². The van der Waals surface area contributed by atoms with E-state index in [9.17, 15) is 0 Å². The lowest BCUT2D eigenvalue weighted by molar-refractivity contribution is 0.577. The molecule has 13 heavy (non-hydrogen) atoms. The fourth-order valence-corrected chi connectivity index (χ4v) is 3.46. The van der Waals surface area contributed by atoms with Gasteiger partial charge in [-0.1, -0.05) is 0 Å². The van der Waals surface area contributed by atoms with Gasteiger partial charge in [-0.15, -0.1) is 11.3 Å². The molecule has 1 fully saturated rings. The summed E-state index contributed by atoms with van der Waals surface area (Å²) in [7, 11) is 0. The second-order valence-electron chi connectivity index (χ2n) is 4.17. The van der Waals surface area contributed by atoms with E-state index in [1.807, 2.05) is 11.3 Å². The van der Waals surface area contributed by atoms with Crippen molar-refractivity contribution in [2.45, 2.75) is 45.2 Å². The van der Waals surface area contributed by atoms with Crippen LogP contribution in [0.4, 0.5) is 0 Å². The first-order valence-corrected chi connectivity index (χ1v) is 5.86. The van der Waals surface area contributed by atoms with Crippen LogP contribution in [0.1, 0.15) is 36.6 Å². The monoisotopic (exact) mass is 195 g/mol. The quantitative estimate of drug-likeness (QED) is 0.726. The Labute approximate surface area is 84.2 Å². The van der Waals surface area contributed by atoms with E-state index >= 15 is 0 Å². The number of nitrogens with one attached hydrogen (secondary N) is 1. The maximum absolute atomic E-state index is 3.59. The minimum absolute atomic E-state index is 0.646. The van der Waals surface area contributed by atoms with Crippen LogP contribution in [0.5, 0.6) is 0 Å². The van der Waals surface area contributed by atoms with Crippen molar-refractivity contribution in [1.29, 1.82) is 0 Å². The van der Waals surface area contributed by atoms with Crippen LogP contribution in [0.25, 0.3) is 0 Å². The Bertz CT molecular complexity index is 292. The summed E-state index contributed by atoms with van der Waals surface area (Å²) < 4.78 is 0. The smallest absolute Gasteiger partial charge is 0.0121 e. The highest BCUT2D eigenvalue weighted by Gasteiger charge is 2.30. The predicted octanol–water partition coefficient (Wildman–Crippen LogP) is 2.91. The summed E-state index contributed by atoms with van der Waals surface area (Å²) in [5.41, 5.74) is 1.47. The molecule has 1 N–H and O–H groups in total. The molecule has 2 heterocycles. The van der Waals surface area contributed by atoms with Gasteiger partial charge in [0.05, 0.1) is 0 Å². The van der Waals surface area contributed by atoms with Crippen molar-refractivity contribution >= 4 is 11.3 Å². The minimum atomic E-state index is 0.646. The summed E-state index contributed by atoms with van der Waals surface area (Å²) in [5.74, 6) is 0.745. The molecule has 0 aromatic carbocycles. The van der Waals surface area contributed by atoms with Gasteiger partial charge in [0.25, 0.3) is 0 Å². The first-order valence-electron chi connectivity index (χ1n) is 4.98. The molecular formula is C11H17NS. The van der Waals surface area contributed by atoms with Gasteiger partial charge in [0.1, 0.15) is 0 Å². The molecule has 2 rings (SSSR count). The van der Waals surface area contributed by atoms with Crippen LogP contribution >= 0.6 is 11.3 Å². The molecule has 3 unspecified atom stereocenters. The Morgan fingerprint density at radius 3 is 2.69 bits per heavy atom. The van der Waals surface area contributed by atoms with E-state index in [0.717, 1.165) is 5.92 Å². The van der Waals surface area contributed by atoms with Crippen molar-refractivity contribution in [2.24, 2.45) is 0 Å². The van der Waals surface area contributed by atoms with Crippen LogP contribution in [-0.4, -0.2) is 12.1 Å². The third kappa shape index (κ3) is 1.65. The Kier molecular flexibility index (Phi) is 2.43. The molecule has 0 saturated carbocycles. The molecule has 2 heteroatoms. The highest BCUT2D eigenvalue weighted by atomic mass is 32.1. The van der Waals surface area contributed by atoms with Crippen molar-refractivity contribution < 1.29 is 0 Å². The molecule has 1 aliphatic rings. The van der Waals surface area contributed by atoms with Gasteiger partial charge in [-0.05, 0) is 44.2 Å². The molecule has 0 bridgehead atoms. The van der Waals surface area contributed by atoms with Crippen molar-refractivity contribution in [1.82, 2.24) is 5.32 Å². The topological polar surface area (TPSA) is 12.0 Å². The molecule has 3 atom stereocenters. The van der Waals surface area contributed by atoms with Gasteiger partial charge >= 0.3 is 0 Å². The van der Waals surface area contributed by atoms with E-state index in [1.165, 1.54) is 12.0 Å². The number of hydrogen-bond acceptors (Lipinski definition) is 2. The van der Waals surface area contributed by atoms with Gasteiger partial charge in [-0.3, -0.25) is 0 Å². The largest absolute Gasteiger partial charge is 0.311 e. The Morgan fingerprint density at radius 2 is 2.23 bits per heavy atom. The predicted molar refractivity (Wildman–Crippen MR) is 58.5 cm³/mol. The molecule has 72 valence electrons. The van der Waals surface area contributed by atoms with Gasteiger partial charge < -0.3 is 5.32 Å². The van der Waals surface area contributed by atoms with Gasteiger partial charge in [0.15, 0.2) is 0 Å². The average Bonchev–Trinajstić information content (AvgIpc) is 2.58. The van der Waals surface area contributed by atoms with E-state index in [4.69, 9.17) is 0 Å². The zero-order chi connectivity index (χ0) is 9.42. The zero-order valence-electron chi connectivity index (χ0n) is 8.50. The van der Waals surface area contributed by atoms with Gasteiger partial charge in [0.2, 0.25) is 0 Å². The maximum Gasteiger partial charge on any atom is 0.0121 e. The summed E-state index contributed by atoms with van der Waals surface area (Å²) in [6.07, 6.45) is 1.29. The SMILES string of the molecule is Cc1ccsc1C1CC(C)NC1C. The molecule has 1 aromatic rings. The third-order valence-electron chi connectivity index (χ3n) is 3.00. The van der Waals surface area contributed by atoms with E-state index < -0.39 is 0 Å². The zero-order valence-corrected chi connectivity index (χ0v) is 9.32. The van der Waals surface area contributed by atoms with Crippen molar-refractivity contribution in [2.75, 3.05) is 0 Å². The fourth-order valence-electron chi connectivity index (χ4n) is 2.32. The average molecular weight is 195 g/mol. The normalized spacial score (nSPS) is 33.9. The summed E-state index contributed by atoms with van der Waals surface area (Å²) in [4.78, 5) is 1.59. The lowest BCUT2D eigenvalue weighted by atomic mass is 9.96. The standard InChI is InChI=1S/C11H17NS/c1-7-4-5-13-11(7)10-6-8(2)12-9(10)3/h4-5,8-10,12H,6H2,1-3H3. The molecule has 1 nitrogen and oxygen atoms in total. The summed E-state index contributed by atoms with van der Waals surface area (Å²) in [6.45, 7) is 6.80. The van der Waals surface area contributed by atoms with Crippen molar-refractivity contribution in [3.05, 3.63) is 21.9 Å². The Balaban J connectivity index is 2.22. The minimum Gasteiger partial charge on any atom is -0.311 e. The van der Waals surface area contributed by atoms with Gasteiger partial charge in [-0.2, -0.15) is 0 Å². The highest BCUT2D eigenvalue weighted by molar-refractivity contribution is 7.10. The van der Waals surface area contributed by atoms with Crippen molar-refractivity contribution in [3.63, 3.8) is 0 Å². The van der Waals surface area contributed by atoms with Gasteiger partial charge in [-0.25, -0.2) is 0 Å². The number of hydrogen-bond donors (Lipinski definition) is 1. The van der Waals surface area contributed by atoms with E-state index in [2.05, 4.69) is 37.5 Å². The molecule has 0 amide bonds. The van der Waals surface area contributed by atoms with Gasteiger partial charge in [0, 0.05) is 22.9 Å². The Hall–Kier alpha value is -0.340. The van der Waals surface area contributed by atoms with E-state index in [-0.39, 0.29) is 0 Å². The number of aryl methyl sites for hydroxylation is 1. The molecule has 0 aliphatic carbocycles. The van der Waals surface area contributed by atoms with Crippen molar-refractivity contribution in [3.8, 4) is 0 Å². The molecule has 1 aliphatic heterocycles. The highest BCUT2D eigenvalue weighted by Crippen LogP contribution is 2.35. The molecule has 1 aromatic heterocycles. The summed E-state index contributed by atoms with van der Waals surface area (Å²) >= 11 is 1.91.